The number of hydrogen-bond acceptors (Lipinski definition) is 9. The molecule has 2 saturated heterocycles. The predicted molar refractivity (Wildman–Crippen MR) is 202 cm³/mol. The van der Waals surface area contributed by atoms with Crippen LogP contribution >= 0.6 is 0 Å². The molecule has 4 amide bonds. The van der Waals surface area contributed by atoms with Crippen molar-refractivity contribution in [3.05, 3.63) is 54.2 Å². The Labute approximate surface area is 312 Å². The molecule has 2 fully saturated rings. The number of H-pyrrole nitrogens is 2. The summed E-state index contributed by atoms with van der Waals surface area (Å²) < 4.78 is 9.54. The topological polar surface area (TPSA) is 188 Å². The van der Waals surface area contributed by atoms with E-state index in [1.807, 2.05) is 69.1 Å². The lowest BCUT2D eigenvalue weighted by molar-refractivity contribution is -0.136. The molecule has 5 heterocycles. The number of likely N-dealkylation sites (tertiary alicyclic amines) is 2. The van der Waals surface area contributed by atoms with Gasteiger partial charge in [-0.25, -0.2) is 24.5 Å². The number of aromatic nitrogens is 5. The van der Waals surface area contributed by atoms with Crippen LogP contribution in [0, 0.1) is 11.8 Å². The van der Waals surface area contributed by atoms with Gasteiger partial charge in [0.05, 0.1) is 42.9 Å². The maximum absolute atomic E-state index is 13.7. The molecule has 2 aliphatic heterocycles. The van der Waals surface area contributed by atoms with Gasteiger partial charge in [0.1, 0.15) is 23.4 Å². The number of carbonyl (C=O) groups is 4. The first-order valence-corrected chi connectivity index (χ1v) is 18.6. The normalized spacial score (nSPS) is 18.5. The minimum Gasteiger partial charge on any atom is -0.453 e. The summed E-state index contributed by atoms with van der Waals surface area (Å²) in [5.41, 5.74) is 5.00. The number of nitrogens with one attached hydrogen (secondary N) is 4. The van der Waals surface area contributed by atoms with E-state index in [-0.39, 0.29) is 35.7 Å². The van der Waals surface area contributed by atoms with Crippen molar-refractivity contribution < 1.29 is 28.7 Å². The average molecular weight is 738 g/mol. The Bertz CT molecular complexity index is 2230. The average Bonchev–Trinajstić information content (AvgIpc) is 3.99. The number of aromatic amines is 2. The zero-order chi connectivity index (χ0) is 38.3. The summed E-state index contributed by atoms with van der Waals surface area (Å²) in [5.74, 6) is 0.741. The molecule has 54 heavy (non-hydrogen) atoms. The fourth-order valence-corrected chi connectivity index (χ4v) is 7.75. The summed E-state index contributed by atoms with van der Waals surface area (Å²) in [5, 5.41) is 7.29. The zero-order valence-corrected chi connectivity index (χ0v) is 31.4. The number of imidazole rings is 2. The summed E-state index contributed by atoms with van der Waals surface area (Å²) in [7, 11) is 2.57. The highest BCUT2D eigenvalue weighted by atomic mass is 16.5. The van der Waals surface area contributed by atoms with Crippen LogP contribution in [0.2, 0.25) is 0 Å². The predicted octanol–water partition coefficient (Wildman–Crippen LogP) is 5.74. The molecule has 0 saturated carbocycles. The number of ether oxygens (including phenoxy) is 2. The van der Waals surface area contributed by atoms with Crippen LogP contribution in [-0.2, 0) is 19.1 Å². The molecule has 0 unspecified atom stereocenters. The molecule has 0 bridgehead atoms. The van der Waals surface area contributed by atoms with Crippen molar-refractivity contribution in [3.63, 3.8) is 0 Å². The molecule has 4 N–H and O–H groups in total. The summed E-state index contributed by atoms with van der Waals surface area (Å²) in [6, 6.07) is 10.1. The number of benzene rings is 2. The van der Waals surface area contributed by atoms with E-state index in [0.29, 0.717) is 24.7 Å². The van der Waals surface area contributed by atoms with Gasteiger partial charge in [-0.1, -0.05) is 39.8 Å². The smallest absolute Gasteiger partial charge is 0.407 e. The van der Waals surface area contributed by atoms with E-state index >= 15 is 0 Å². The van der Waals surface area contributed by atoms with Crippen molar-refractivity contribution >= 4 is 56.8 Å². The van der Waals surface area contributed by atoms with Gasteiger partial charge in [-0.05, 0) is 67.2 Å². The second-order valence-electron chi connectivity index (χ2n) is 14.8. The maximum Gasteiger partial charge on any atom is 0.407 e. The first kappa shape index (κ1) is 36.6. The van der Waals surface area contributed by atoms with Gasteiger partial charge in [0.25, 0.3) is 0 Å². The monoisotopic (exact) mass is 737 g/mol. The molecule has 5 aromatic rings. The third-order valence-electron chi connectivity index (χ3n) is 10.6. The molecule has 7 rings (SSSR count). The van der Waals surface area contributed by atoms with Crippen LogP contribution in [0.5, 0.6) is 0 Å². The number of methoxy groups -OCH3 is 2. The molecule has 15 nitrogen and oxygen atoms in total. The SMILES string of the molecule is COC(=O)N[C@H](C(=O)N1CCC[C@H]1c1nc2ccc3cc(-c4ccc5nc([C@@H]6CCCN6C(=O)[C@@H](NC(=O)OC)C(C)C)[nH]c5c4)[nH]cc3c2n1)C(C)C. The quantitative estimate of drug-likeness (QED) is 0.146. The van der Waals surface area contributed by atoms with E-state index in [0.717, 1.165) is 69.8 Å². The third-order valence-corrected chi connectivity index (χ3v) is 10.6. The van der Waals surface area contributed by atoms with Gasteiger partial charge >= 0.3 is 12.2 Å². The number of fused-ring (bicyclic) bond motifs is 4. The Kier molecular flexibility index (Phi) is 10.1. The Morgan fingerprint density at radius 2 is 1.39 bits per heavy atom. The van der Waals surface area contributed by atoms with E-state index < -0.39 is 24.3 Å². The zero-order valence-electron chi connectivity index (χ0n) is 31.4. The summed E-state index contributed by atoms with van der Waals surface area (Å²) >= 11 is 0. The van der Waals surface area contributed by atoms with E-state index in [2.05, 4.69) is 26.7 Å². The van der Waals surface area contributed by atoms with Crippen LogP contribution in [0.4, 0.5) is 9.59 Å². The molecular weight excluding hydrogens is 690 g/mol. The lowest BCUT2D eigenvalue weighted by Gasteiger charge is -2.29. The van der Waals surface area contributed by atoms with E-state index in [1.54, 1.807) is 4.90 Å². The number of nitrogens with zero attached hydrogens (tertiary/aromatic N) is 5. The van der Waals surface area contributed by atoms with Gasteiger partial charge in [0.15, 0.2) is 5.82 Å². The number of pyridine rings is 1. The van der Waals surface area contributed by atoms with Crippen LogP contribution in [-0.4, -0.2) is 98.1 Å². The Balaban J connectivity index is 1.13. The lowest BCUT2D eigenvalue weighted by atomic mass is 10.0. The van der Waals surface area contributed by atoms with Crippen molar-refractivity contribution in [3.8, 4) is 11.3 Å². The Hall–Kier alpha value is -5.73. The van der Waals surface area contributed by atoms with Crippen LogP contribution in [0.3, 0.4) is 0 Å². The van der Waals surface area contributed by atoms with Gasteiger partial charge in [-0.15, -0.1) is 0 Å². The molecule has 2 aromatic carbocycles. The van der Waals surface area contributed by atoms with Crippen molar-refractivity contribution in [2.75, 3.05) is 27.3 Å². The molecule has 3 aromatic heterocycles. The van der Waals surface area contributed by atoms with Gasteiger partial charge < -0.3 is 39.9 Å². The van der Waals surface area contributed by atoms with Crippen LogP contribution < -0.4 is 10.6 Å². The minimum absolute atomic E-state index is 0.118. The lowest BCUT2D eigenvalue weighted by Crippen LogP contribution is -2.51. The Morgan fingerprint density at radius 1 is 0.778 bits per heavy atom. The number of alkyl carbamates (subject to hydrolysis) is 2. The molecule has 284 valence electrons. The van der Waals surface area contributed by atoms with Crippen molar-refractivity contribution in [1.82, 2.24) is 45.4 Å². The van der Waals surface area contributed by atoms with Gasteiger partial charge in [0.2, 0.25) is 11.8 Å². The summed E-state index contributed by atoms with van der Waals surface area (Å²) in [4.78, 5) is 76.5. The van der Waals surface area contributed by atoms with Crippen LogP contribution in [0.1, 0.15) is 77.1 Å². The highest BCUT2D eigenvalue weighted by Crippen LogP contribution is 2.36. The summed E-state index contributed by atoms with van der Waals surface area (Å²) in [6.45, 7) is 8.72. The van der Waals surface area contributed by atoms with E-state index in [4.69, 9.17) is 24.4 Å². The standard InChI is InChI=1S/C39H47N9O6/c1-20(2)31(45-38(51)53-5)36(49)47-15-7-9-29(47)34-41-25-13-12-23(18-28(25)43-34)27-17-22-11-14-26-33(24(22)19-40-27)44-35(42-26)30-10-8-16-48(30)37(50)32(21(3)4)46-39(52)54-6/h11-14,17-21,29-32,40H,7-10,15-16H2,1-6H3,(H,41,43)(H,45,51)(H,46,52)/t29-,30-,31-,32-/m0/s1. The summed E-state index contributed by atoms with van der Waals surface area (Å²) in [6.07, 6.45) is 3.82. The van der Waals surface area contributed by atoms with Gasteiger partial charge in [-0.3, -0.25) is 9.59 Å². The number of hydrogen-bond donors (Lipinski definition) is 4. The molecule has 0 spiro atoms. The molecule has 0 radical (unpaired) electrons. The number of amides is 4. The largest absolute Gasteiger partial charge is 0.453 e. The van der Waals surface area contributed by atoms with E-state index in [1.165, 1.54) is 14.2 Å². The van der Waals surface area contributed by atoms with Gasteiger partial charge in [-0.2, -0.15) is 0 Å². The molecule has 4 atom stereocenters. The Morgan fingerprint density at radius 3 is 2.02 bits per heavy atom. The second kappa shape index (κ2) is 15.0. The maximum atomic E-state index is 13.7. The van der Waals surface area contributed by atoms with E-state index in [9.17, 15) is 19.2 Å². The fraction of sp³-hybridized carbons (Fsp3) is 0.462. The highest BCUT2D eigenvalue weighted by molar-refractivity contribution is 6.04. The molecular formula is C39H47N9O6. The third kappa shape index (κ3) is 6.90. The molecule has 2 aliphatic rings. The first-order chi connectivity index (χ1) is 26.0. The first-order valence-electron chi connectivity index (χ1n) is 18.6. The van der Waals surface area contributed by atoms with Crippen molar-refractivity contribution in [2.24, 2.45) is 11.8 Å². The number of carbonyl (C=O) groups excluding carboxylic acids is 4. The van der Waals surface area contributed by atoms with Crippen molar-refractivity contribution in [2.45, 2.75) is 77.5 Å². The minimum atomic E-state index is -0.718. The van der Waals surface area contributed by atoms with Crippen molar-refractivity contribution in [1.29, 1.82) is 0 Å². The van der Waals surface area contributed by atoms with Crippen LogP contribution in [0.15, 0.2) is 42.6 Å². The highest BCUT2D eigenvalue weighted by Gasteiger charge is 2.39. The molecule has 0 aliphatic carbocycles. The number of rotatable bonds is 9. The molecule has 15 heteroatoms. The fourth-order valence-electron chi connectivity index (χ4n) is 7.75. The van der Waals surface area contributed by atoms with Gasteiger partial charge in [0, 0.05) is 35.9 Å². The van der Waals surface area contributed by atoms with Crippen LogP contribution in [0.25, 0.3) is 44.1 Å². The second-order valence-corrected chi connectivity index (χ2v) is 14.8.